The topological polar surface area (TPSA) is 0 Å². The molecule has 1 saturated carbocycles. The third-order valence-corrected chi connectivity index (χ3v) is 6.75. The van der Waals surface area contributed by atoms with E-state index < -0.39 is 11.6 Å². The van der Waals surface area contributed by atoms with Crippen molar-refractivity contribution in [1.29, 1.82) is 0 Å². The van der Waals surface area contributed by atoms with Crippen LogP contribution in [0, 0.1) is 23.4 Å². The highest BCUT2D eigenvalue weighted by atomic mass is 19.2. The molecule has 158 valence electrons. The summed E-state index contributed by atoms with van der Waals surface area (Å²) in [6.07, 6.45) is 10.0. The average molecular weight is 411 g/mol. The molecule has 0 N–H and O–H groups in total. The van der Waals surface area contributed by atoms with E-state index in [1.54, 1.807) is 18.2 Å². The van der Waals surface area contributed by atoms with Crippen LogP contribution in [0.4, 0.5) is 13.2 Å². The maximum atomic E-state index is 15.0. The van der Waals surface area contributed by atoms with Crippen LogP contribution in [0.25, 0.3) is 21.9 Å². The van der Waals surface area contributed by atoms with Crippen LogP contribution in [-0.2, 0) is 0 Å². The van der Waals surface area contributed by atoms with Crippen LogP contribution in [-0.4, -0.2) is 0 Å². The molecule has 3 aromatic carbocycles. The molecule has 0 radical (unpaired) electrons. The van der Waals surface area contributed by atoms with Crippen molar-refractivity contribution in [3.8, 4) is 11.1 Å². The third-order valence-electron chi connectivity index (χ3n) is 6.75. The maximum Gasteiger partial charge on any atom is 0.166 e. The van der Waals surface area contributed by atoms with Gasteiger partial charge in [0.2, 0.25) is 0 Å². The van der Waals surface area contributed by atoms with E-state index in [9.17, 15) is 13.2 Å². The zero-order chi connectivity index (χ0) is 21.1. The summed E-state index contributed by atoms with van der Waals surface area (Å²) in [5.41, 5.74) is 2.26. The largest absolute Gasteiger partial charge is 0.206 e. The summed E-state index contributed by atoms with van der Waals surface area (Å²) in [4.78, 5) is 0. The summed E-state index contributed by atoms with van der Waals surface area (Å²) in [6.45, 7) is 2.24. The van der Waals surface area contributed by atoms with Crippen LogP contribution in [0.5, 0.6) is 0 Å². The van der Waals surface area contributed by atoms with E-state index in [1.165, 1.54) is 50.7 Å². The summed E-state index contributed by atoms with van der Waals surface area (Å²) >= 11 is 0. The van der Waals surface area contributed by atoms with Crippen molar-refractivity contribution in [1.82, 2.24) is 0 Å². The number of fused-ring (bicyclic) bond motifs is 1. The molecule has 1 fully saturated rings. The molecular weight excluding hydrogens is 381 g/mol. The van der Waals surface area contributed by atoms with Crippen LogP contribution < -0.4 is 0 Å². The Bertz CT molecular complexity index is 1020. The SMILES string of the molecule is CCCCCC1CCC(c2ccc(-c3ccc4c(F)c(F)ccc4c3)c(F)c2)CC1. The van der Waals surface area contributed by atoms with Crippen molar-refractivity contribution >= 4 is 10.8 Å². The van der Waals surface area contributed by atoms with E-state index >= 15 is 0 Å². The molecule has 0 aliphatic heterocycles. The highest BCUT2D eigenvalue weighted by Crippen LogP contribution is 2.39. The Morgan fingerprint density at radius 1 is 0.800 bits per heavy atom. The van der Waals surface area contributed by atoms with Gasteiger partial charge < -0.3 is 0 Å². The van der Waals surface area contributed by atoms with Crippen molar-refractivity contribution < 1.29 is 13.2 Å². The second-order valence-corrected chi connectivity index (χ2v) is 8.75. The van der Waals surface area contributed by atoms with Crippen molar-refractivity contribution in [2.75, 3.05) is 0 Å². The minimum atomic E-state index is -0.870. The fourth-order valence-corrected chi connectivity index (χ4v) is 4.92. The second kappa shape index (κ2) is 9.24. The fraction of sp³-hybridized carbons (Fsp3) is 0.407. The van der Waals surface area contributed by atoms with E-state index in [-0.39, 0.29) is 11.2 Å². The van der Waals surface area contributed by atoms with Crippen molar-refractivity contribution in [2.45, 2.75) is 64.2 Å². The Morgan fingerprint density at radius 2 is 1.60 bits per heavy atom. The molecular formula is C27H29F3. The van der Waals surface area contributed by atoms with E-state index in [1.807, 2.05) is 12.1 Å². The van der Waals surface area contributed by atoms with Gasteiger partial charge >= 0.3 is 0 Å². The molecule has 4 rings (SSSR count). The Balaban J connectivity index is 1.49. The van der Waals surface area contributed by atoms with Gasteiger partial charge in [-0.05, 0) is 72.2 Å². The summed E-state index contributed by atoms with van der Waals surface area (Å²) < 4.78 is 42.3. The van der Waals surface area contributed by atoms with Crippen LogP contribution in [0.15, 0.2) is 48.5 Å². The standard InChI is InChI=1S/C27H29F3/c1-2-3-4-5-18-6-8-19(9-7-18)20-10-13-23(26(29)17-20)21-11-14-24-22(16-21)12-15-25(28)27(24)30/h10-19H,2-9H2,1H3. The second-order valence-electron chi connectivity index (χ2n) is 8.75. The summed E-state index contributed by atoms with van der Waals surface area (Å²) in [5, 5.41) is 0.780. The highest BCUT2D eigenvalue weighted by molar-refractivity contribution is 5.88. The smallest absolute Gasteiger partial charge is 0.166 e. The van der Waals surface area contributed by atoms with Gasteiger partial charge in [-0.15, -0.1) is 0 Å². The molecule has 3 heteroatoms. The van der Waals surface area contributed by atoms with Gasteiger partial charge in [0, 0.05) is 10.9 Å². The van der Waals surface area contributed by atoms with Crippen LogP contribution in [0.1, 0.15) is 69.8 Å². The first-order valence-electron chi connectivity index (χ1n) is 11.2. The van der Waals surface area contributed by atoms with Gasteiger partial charge in [0.05, 0.1) is 0 Å². The zero-order valence-corrected chi connectivity index (χ0v) is 17.6. The number of hydrogen-bond acceptors (Lipinski definition) is 0. The summed E-state index contributed by atoms with van der Waals surface area (Å²) in [7, 11) is 0. The molecule has 0 spiro atoms. The number of halogens is 3. The van der Waals surface area contributed by atoms with E-state index in [0.29, 0.717) is 22.4 Å². The zero-order valence-electron chi connectivity index (χ0n) is 17.6. The quantitative estimate of drug-likeness (QED) is 0.356. The van der Waals surface area contributed by atoms with Crippen LogP contribution in [0.2, 0.25) is 0 Å². The number of rotatable bonds is 6. The lowest BCUT2D eigenvalue weighted by molar-refractivity contribution is 0.302. The highest BCUT2D eigenvalue weighted by Gasteiger charge is 2.23. The lowest BCUT2D eigenvalue weighted by Crippen LogP contribution is -2.13. The third kappa shape index (κ3) is 4.40. The first kappa shape index (κ1) is 21.0. The molecule has 0 atom stereocenters. The fourth-order valence-electron chi connectivity index (χ4n) is 4.92. The summed E-state index contributed by atoms with van der Waals surface area (Å²) in [5.74, 6) is -0.713. The lowest BCUT2D eigenvalue weighted by Gasteiger charge is -2.29. The molecule has 0 saturated heterocycles. The Labute approximate surface area is 177 Å². The van der Waals surface area contributed by atoms with Gasteiger partial charge in [-0.2, -0.15) is 0 Å². The lowest BCUT2D eigenvalue weighted by atomic mass is 9.77. The average Bonchev–Trinajstić information content (AvgIpc) is 2.77. The summed E-state index contributed by atoms with van der Waals surface area (Å²) in [6, 6.07) is 13.1. The van der Waals surface area contributed by atoms with Crippen LogP contribution >= 0.6 is 0 Å². The van der Waals surface area contributed by atoms with Gasteiger partial charge in [0.25, 0.3) is 0 Å². The van der Waals surface area contributed by atoms with Gasteiger partial charge in [-0.25, -0.2) is 13.2 Å². The Kier molecular flexibility index (Phi) is 6.46. The minimum absolute atomic E-state index is 0.214. The number of benzene rings is 3. The van der Waals surface area contributed by atoms with Gasteiger partial charge in [-0.1, -0.05) is 62.9 Å². The van der Waals surface area contributed by atoms with Crippen molar-refractivity contribution in [3.63, 3.8) is 0 Å². The van der Waals surface area contributed by atoms with Gasteiger partial charge in [-0.3, -0.25) is 0 Å². The Morgan fingerprint density at radius 3 is 2.33 bits per heavy atom. The molecule has 0 heterocycles. The van der Waals surface area contributed by atoms with E-state index in [2.05, 4.69) is 6.92 Å². The monoisotopic (exact) mass is 410 g/mol. The minimum Gasteiger partial charge on any atom is -0.206 e. The number of unbranched alkanes of at least 4 members (excludes halogenated alkanes) is 2. The molecule has 1 aliphatic carbocycles. The molecule has 0 nitrogen and oxygen atoms in total. The first-order chi connectivity index (χ1) is 14.6. The van der Waals surface area contributed by atoms with Gasteiger partial charge in [0.15, 0.2) is 11.6 Å². The molecule has 0 bridgehead atoms. The van der Waals surface area contributed by atoms with Gasteiger partial charge in [0.1, 0.15) is 5.82 Å². The van der Waals surface area contributed by atoms with Crippen molar-refractivity contribution in [2.24, 2.45) is 5.92 Å². The Hall–Kier alpha value is -2.29. The molecule has 0 amide bonds. The maximum absolute atomic E-state index is 15.0. The molecule has 0 aromatic heterocycles. The van der Waals surface area contributed by atoms with E-state index in [4.69, 9.17) is 0 Å². The predicted octanol–water partition coefficient (Wildman–Crippen LogP) is 8.78. The predicted molar refractivity (Wildman–Crippen MR) is 118 cm³/mol. The molecule has 30 heavy (non-hydrogen) atoms. The normalized spacial score (nSPS) is 19.3. The molecule has 3 aromatic rings. The van der Waals surface area contributed by atoms with Crippen molar-refractivity contribution in [3.05, 3.63) is 71.5 Å². The molecule has 0 unspecified atom stereocenters. The van der Waals surface area contributed by atoms with Crippen LogP contribution in [0.3, 0.4) is 0 Å². The van der Waals surface area contributed by atoms with E-state index in [0.717, 1.165) is 30.4 Å². The number of hydrogen-bond donors (Lipinski definition) is 0. The first-order valence-corrected chi connectivity index (χ1v) is 11.2. The molecule has 1 aliphatic rings.